The Morgan fingerprint density at radius 3 is 2.96 bits per heavy atom. The number of amides is 1. The van der Waals surface area contributed by atoms with Crippen molar-refractivity contribution in [3.63, 3.8) is 0 Å². The zero-order valence-corrected chi connectivity index (χ0v) is 16.4. The van der Waals surface area contributed by atoms with Gasteiger partial charge in [0.2, 0.25) is 5.91 Å². The SMILES string of the molecule is CCNc1c(-c2cnn([C@H]3CCN(C(C)=O)C[C@@H]3F)c2)cnc2[nH]cc(C)c12. The number of hydrogen-bond donors (Lipinski definition) is 2. The molecular weight excluding hydrogens is 359 g/mol. The molecule has 1 amide bonds. The largest absolute Gasteiger partial charge is 0.384 e. The van der Waals surface area contributed by atoms with E-state index in [1.54, 1.807) is 15.8 Å². The number of pyridine rings is 1. The van der Waals surface area contributed by atoms with Crippen molar-refractivity contribution in [2.24, 2.45) is 0 Å². The average Bonchev–Trinajstić information content (AvgIpc) is 3.29. The van der Waals surface area contributed by atoms with Gasteiger partial charge in [-0.05, 0) is 25.8 Å². The Kier molecular flexibility index (Phi) is 4.78. The maximum absolute atomic E-state index is 14.7. The number of rotatable bonds is 4. The molecule has 8 heteroatoms. The molecule has 1 aliphatic heterocycles. The van der Waals surface area contributed by atoms with E-state index in [0.717, 1.165) is 40.0 Å². The van der Waals surface area contributed by atoms with Crippen molar-refractivity contribution in [3.8, 4) is 11.1 Å². The first kappa shape index (κ1) is 18.5. The summed E-state index contributed by atoms with van der Waals surface area (Å²) in [4.78, 5) is 20.8. The summed E-state index contributed by atoms with van der Waals surface area (Å²) in [5.41, 5.74) is 4.80. The second-order valence-corrected chi connectivity index (χ2v) is 7.32. The monoisotopic (exact) mass is 384 g/mol. The summed E-state index contributed by atoms with van der Waals surface area (Å²) in [7, 11) is 0. The predicted octanol–water partition coefficient (Wildman–Crippen LogP) is 3.30. The summed E-state index contributed by atoms with van der Waals surface area (Å²) in [5.74, 6) is -0.0845. The molecule has 2 atom stereocenters. The molecule has 0 spiro atoms. The van der Waals surface area contributed by atoms with Gasteiger partial charge >= 0.3 is 0 Å². The standard InChI is InChI=1S/C20H25FN6O/c1-4-22-19-15(9-24-20-18(19)12(2)7-23-20)14-8-25-27(10-14)17-5-6-26(13(3)28)11-16(17)21/h7-10,16-17H,4-6,11H2,1-3H3,(H2,22,23,24)/t16-,17-/m0/s1. The number of carbonyl (C=O) groups excluding carboxylic acids is 1. The predicted molar refractivity (Wildman–Crippen MR) is 107 cm³/mol. The molecule has 2 N–H and O–H groups in total. The van der Waals surface area contributed by atoms with Crippen molar-refractivity contribution in [1.82, 2.24) is 24.6 Å². The van der Waals surface area contributed by atoms with Crippen LogP contribution >= 0.6 is 0 Å². The van der Waals surface area contributed by atoms with Gasteiger partial charge in [-0.15, -0.1) is 0 Å². The molecule has 3 aromatic heterocycles. The van der Waals surface area contributed by atoms with Crippen molar-refractivity contribution >= 4 is 22.6 Å². The second-order valence-electron chi connectivity index (χ2n) is 7.32. The minimum absolute atomic E-state index is 0.0845. The van der Waals surface area contributed by atoms with E-state index in [1.165, 1.54) is 6.92 Å². The van der Waals surface area contributed by atoms with Gasteiger partial charge < -0.3 is 15.2 Å². The van der Waals surface area contributed by atoms with Crippen LogP contribution in [0.1, 0.15) is 31.9 Å². The maximum atomic E-state index is 14.7. The minimum atomic E-state index is -1.13. The Hall–Kier alpha value is -2.90. The van der Waals surface area contributed by atoms with Crippen molar-refractivity contribution in [2.45, 2.75) is 39.4 Å². The molecule has 0 bridgehead atoms. The molecule has 1 aliphatic rings. The third kappa shape index (κ3) is 3.12. The number of aromatic amines is 1. The van der Waals surface area contributed by atoms with Crippen LogP contribution in [0.15, 0.2) is 24.8 Å². The molecule has 4 heterocycles. The molecule has 0 radical (unpaired) electrons. The molecule has 148 valence electrons. The highest BCUT2D eigenvalue weighted by atomic mass is 19.1. The topological polar surface area (TPSA) is 78.8 Å². The minimum Gasteiger partial charge on any atom is -0.384 e. The average molecular weight is 384 g/mol. The van der Waals surface area contributed by atoms with Crippen LogP contribution in [-0.2, 0) is 4.79 Å². The van der Waals surface area contributed by atoms with E-state index in [-0.39, 0.29) is 18.5 Å². The summed E-state index contributed by atoms with van der Waals surface area (Å²) < 4.78 is 16.4. The Balaban J connectivity index is 1.67. The Bertz CT molecular complexity index is 1010. The van der Waals surface area contributed by atoms with E-state index in [0.29, 0.717) is 13.0 Å². The lowest BCUT2D eigenvalue weighted by Crippen LogP contribution is -2.44. The normalized spacial score (nSPS) is 19.9. The Morgan fingerprint density at radius 2 is 2.25 bits per heavy atom. The summed E-state index contributed by atoms with van der Waals surface area (Å²) >= 11 is 0. The molecule has 4 rings (SSSR count). The van der Waals surface area contributed by atoms with E-state index < -0.39 is 6.17 Å². The van der Waals surface area contributed by atoms with Gasteiger partial charge in [0, 0.05) is 55.1 Å². The number of carbonyl (C=O) groups is 1. The number of anilines is 1. The van der Waals surface area contributed by atoms with E-state index >= 15 is 0 Å². The van der Waals surface area contributed by atoms with Crippen LogP contribution in [0.4, 0.5) is 10.1 Å². The van der Waals surface area contributed by atoms with Crippen molar-refractivity contribution < 1.29 is 9.18 Å². The highest BCUT2D eigenvalue weighted by Crippen LogP contribution is 2.36. The van der Waals surface area contributed by atoms with Gasteiger partial charge in [-0.25, -0.2) is 9.37 Å². The number of piperidine rings is 1. The number of H-pyrrole nitrogens is 1. The molecule has 0 saturated carbocycles. The first-order valence-electron chi connectivity index (χ1n) is 9.64. The van der Waals surface area contributed by atoms with Gasteiger partial charge in [-0.3, -0.25) is 9.48 Å². The summed E-state index contributed by atoms with van der Waals surface area (Å²) in [6.45, 7) is 7.03. The third-order valence-electron chi connectivity index (χ3n) is 5.46. The number of aryl methyl sites for hydroxylation is 1. The zero-order valence-electron chi connectivity index (χ0n) is 16.4. The fourth-order valence-corrected chi connectivity index (χ4v) is 3.97. The zero-order chi connectivity index (χ0) is 19.8. The first-order valence-corrected chi connectivity index (χ1v) is 9.64. The van der Waals surface area contributed by atoms with Crippen LogP contribution in [-0.4, -0.2) is 56.4 Å². The number of likely N-dealkylation sites (tertiary alicyclic amines) is 1. The van der Waals surface area contributed by atoms with E-state index in [9.17, 15) is 9.18 Å². The van der Waals surface area contributed by atoms with Gasteiger partial charge in [-0.2, -0.15) is 5.10 Å². The van der Waals surface area contributed by atoms with Crippen LogP contribution in [0.3, 0.4) is 0 Å². The maximum Gasteiger partial charge on any atom is 0.219 e. The molecule has 7 nitrogen and oxygen atoms in total. The fraction of sp³-hybridized carbons (Fsp3) is 0.450. The second kappa shape index (κ2) is 7.26. The number of fused-ring (bicyclic) bond motifs is 1. The number of halogens is 1. The van der Waals surface area contributed by atoms with Crippen molar-refractivity contribution in [1.29, 1.82) is 0 Å². The number of nitrogens with zero attached hydrogens (tertiary/aromatic N) is 4. The quantitative estimate of drug-likeness (QED) is 0.723. The van der Waals surface area contributed by atoms with Gasteiger partial charge in [-0.1, -0.05) is 0 Å². The molecule has 3 aromatic rings. The first-order chi connectivity index (χ1) is 13.5. The summed E-state index contributed by atoms with van der Waals surface area (Å²) in [6, 6.07) is -0.363. The molecule has 1 fully saturated rings. The van der Waals surface area contributed by atoms with E-state index in [1.807, 2.05) is 25.5 Å². The van der Waals surface area contributed by atoms with Gasteiger partial charge in [0.15, 0.2) is 0 Å². The van der Waals surface area contributed by atoms with Gasteiger partial charge in [0.05, 0.1) is 24.5 Å². The molecular formula is C20H25FN6O. The lowest BCUT2D eigenvalue weighted by atomic mass is 10.0. The number of aromatic nitrogens is 4. The molecule has 0 aliphatic carbocycles. The highest BCUT2D eigenvalue weighted by Gasteiger charge is 2.32. The van der Waals surface area contributed by atoms with Crippen LogP contribution < -0.4 is 5.32 Å². The summed E-state index contributed by atoms with van der Waals surface area (Å²) in [6.07, 6.45) is 6.83. The summed E-state index contributed by atoms with van der Waals surface area (Å²) in [5, 5.41) is 8.94. The van der Waals surface area contributed by atoms with Crippen molar-refractivity contribution in [3.05, 3.63) is 30.4 Å². The number of hydrogen-bond acceptors (Lipinski definition) is 4. The van der Waals surface area contributed by atoms with Crippen LogP contribution in [0.5, 0.6) is 0 Å². The van der Waals surface area contributed by atoms with Crippen molar-refractivity contribution in [2.75, 3.05) is 25.0 Å². The Labute approximate surface area is 162 Å². The Morgan fingerprint density at radius 1 is 1.43 bits per heavy atom. The lowest BCUT2D eigenvalue weighted by Gasteiger charge is -2.34. The molecule has 0 unspecified atom stereocenters. The highest BCUT2D eigenvalue weighted by molar-refractivity contribution is 6.00. The van der Waals surface area contributed by atoms with E-state index in [4.69, 9.17) is 0 Å². The fourth-order valence-electron chi connectivity index (χ4n) is 3.97. The molecule has 28 heavy (non-hydrogen) atoms. The molecule has 1 saturated heterocycles. The van der Waals surface area contributed by atoms with Gasteiger partial charge in [0.1, 0.15) is 11.8 Å². The number of alkyl halides is 1. The van der Waals surface area contributed by atoms with E-state index in [2.05, 4.69) is 27.3 Å². The number of nitrogens with one attached hydrogen (secondary N) is 2. The van der Waals surface area contributed by atoms with Crippen LogP contribution in [0.2, 0.25) is 0 Å². The van der Waals surface area contributed by atoms with Crippen LogP contribution in [0.25, 0.3) is 22.2 Å². The van der Waals surface area contributed by atoms with Gasteiger partial charge in [0.25, 0.3) is 0 Å². The smallest absolute Gasteiger partial charge is 0.219 e. The molecule has 0 aromatic carbocycles. The van der Waals surface area contributed by atoms with Crippen LogP contribution in [0, 0.1) is 6.92 Å². The lowest BCUT2D eigenvalue weighted by molar-refractivity contribution is -0.131. The third-order valence-corrected chi connectivity index (χ3v) is 5.46.